The SMILES string of the molecule is CCCc1ccc(CCOCCNCCOC)cc1. The summed E-state index contributed by atoms with van der Waals surface area (Å²) in [7, 11) is 1.71. The molecule has 0 spiro atoms. The van der Waals surface area contributed by atoms with Crippen LogP contribution < -0.4 is 5.32 Å². The van der Waals surface area contributed by atoms with Gasteiger partial charge in [0.15, 0.2) is 0 Å². The fraction of sp³-hybridized carbons (Fsp3) is 0.625. The maximum Gasteiger partial charge on any atom is 0.0591 e. The van der Waals surface area contributed by atoms with E-state index in [1.54, 1.807) is 7.11 Å². The largest absolute Gasteiger partial charge is 0.383 e. The highest BCUT2D eigenvalue weighted by Gasteiger charge is 1.95. The van der Waals surface area contributed by atoms with Gasteiger partial charge in [-0.15, -0.1) is 0 Å². The van der Waals surface area contributed by atoms with Crippen molar-refractivity contribution in [1.29, 1.82) is 0 Å². The molecule has 1 N–H and O–H groups in total. The zero-order valence-electron chi connectivity index (χ0n) is 12.3. The van der Waals surface area contributed by atoms with Crippen molar-refractivity contribution in [1.82, 2.24) is 5.32 Å². The standard InChI is InChI=1S/C16H27NO2/c1-3-4-15-5-7-16(8-6-15)9-12-19-14-11-17-10-13-18-2/h5-8,17H,3-4,9-14H2,1-2H3. The molecule has 0 aliphatic rings. The summed E-state index contributed by atoms with van der Waals surface area (Å²) >= 11 is 0. The summed E-state index contributed by atoms with van der Waals surface area (Å²) in [5.74, 6) is 0. The monoisotopic (exact) mass is 265 g/mol. The molecule has 0 aromatic heterocycles. The summed E-state index contributed by atoms with van der Waals surface area (Å²) in [5, 5.41) is 3.26. The van der Waals surface area contributed by atoms with Crippen molar-refractivity contribution >= 4 is 0 Å². The Morgan fingerprint density at radius 3 is 2.16 bits per heavy atom. The number of nitrogens with one attached hydrogen (secondary N) is 1. The first-order chi connectivity index (χ1) is 9.36. The van der Waals surface area contributed by atoms with Gasteiger partial charge in [0.05, 0.1) is 19.8 Å². The fourth-order valence-electron chi connectivity index (χ4n) is 1.90. The molecule has 0 bridgehead atoms. The van der Waals surface area contributed by atoms with Crippen molar-refractivity contribution in [3.8, 4) is 0 Å². The van der Waals surface area contributed by atoms with Crippen molar-refractivity contribution in [2.45, 2.75) is 26.2 Å². The van der Waals surface area contributed by atoms with E-state index < -0.39 is 0 Å². The second kappa shape index (κ2) is 11.0. The van der Waals surface area contributed by atoms with Crippen molar-refractivity contribution in [3.63, 3.8) is 0 Å². The van der Waals surface area contributed by atoms with Gasteiger partial charge in [-0.2, -0.15) is 0 Å². The van der Waals surface area contributed by atoms with E-state index in [2.05, 4.69) is 36.5 Å². The highest BCUT2D eigenvalue weighted by molar-refractivity contribution is 5.22. The van der Waals surface area contributed by atoms with E-state index in [0.717, 1.165) is 39.3 Å². The van der Waals surface area contributed by atoms with Gasteiger partial charge in [-0.05, 0) is 24.0 Å². The van der Waals surface area contributed by atoms with Gasteiger partial charge >= 0.3 is 0 Å². The Balaban J connectivity index is 2.02. The zero-order valence-corrected chi connectivity index (χ0v) is 12.3. The molecular weight excluding hydrogens is 238 g/mol. The van der Waals surface area contributed by atoms with Crippen LogP contribution in [0.3, 0.4) is 0 Å². The molecule has 0 aliphatic heterocycles. The number of benzene rings is 1. The van der Waals surface area contributed by atoms with E-state index in [9.17, 15) is 0 Å². The Kier molecular flexibility index (Phi) is 9.33. The van der Waals surface area contributed by atoms with Crippen LogP contribution in [-0.2, 0) is 22.3 Å². The lowest BCUT2D eigenvalue weighted by Crippen LogP contribution is -2.23. The van der Waals surface area contributed by atoms with E-state index in [4.69, 9.17) is 9.47 Å². The third-order valence-electron chi connectivity index (χ3n) is 3.00. The van der Waals surface area contributed by atoms with Crippen LogP contribution in [0.2, 0.25) is 0 Å². The van der Waals surface area contributed by atoms with Crippen LogP contribution in [0.5, 0.6) is 0 Å². The molecule has 3 heteroatoms. The molecular formula is C16H27NO2. The average molecular weight is 265 g/mol. The van der Waals surface area contributed by atoms with Gasteiger partial charge in [0.25, 0.3) is 0 Å². The molecule has 0 atom stereocenters. The van der Waals surface area contributed by atoms with Crippen LogP contribution in [0, 0.1) is 0 Å². The maximum atomic E-state index is 5.59. The first-order valence-electron chi connectivity index (χ1n) is 7.22. The molecule has 0 heterocycles. The summed E-state index contributed by atoms with van der Waals surface area (Å²) in [6, 6.07) is 8.88. The van der Waals surface area contributed by atoms with Gasteiger partial charge in [-0.3, -0.25) is 0 Å². The minimum atomic E-state index is 0.754. The Hall–Kier alpha value is -0.900. The lowest BCUT2D eigenvalue weighted by atomic mass is 10.1. The molecule has 0 saturated carbocycles. The minimum Gasteiger partial charge on any atom is -0.383 e. The number of methoxy groups -OCH3 is 1. The fourth-order valence-corrected chi connectivity index (χ4v) is 1.90. The molecule has 1 rings (SSSR count). The van der Waals surface area contributed by atoms with Crippen LogP contribution in [0.25, 0.3) is 0 Å². The van der Waals surface area contributed by atoms with Crippen LogP contribution in [-0.4, -0.2) is 40.0 Å². The predicted octanol–water partition coefficient (Wildman–Crippen LogP) is 2.43. The molecule has 0 amide bonds. The van der Waals surface area contributed by atoms with Crippen LogP contribution >= 0.6 is 0 Å². The van der Waals surface area contributed by atoms with E-state index in [0.29, 0.717) is 0 Å². The molecule has 0 fully saturated rings. The third kappa shape index (κ3) is 7.98. The summed E-state index contributed by atoms with van der Waals surface area (Å²) in [4.78, 5) is 0. The van der Waals surface area contributed by atoms with Crippen molar-refractivity contribution in [2.75, 3.05) is 40.0 Å². The Morgan fingerprint density at radius 1 is 0.895 bits per heavy atom. The summed E-state index contributed by atoms with van der Waals surface area (Å²) in [6.07, 6.45) is 3.37. The smallest absolute Gasteiger partial charge is 0.0591 e. The van der Waals surface area contributed by atoms with Crippen molar-refractivity contribution < 1.29 is 9.47 Å². The molecule has 0 unspecified atom stereocenters. The lowest BCUT2D eigenvalue weighted by Gasteiger charge is -2.06. The van der Waals surface area contributed by atoms with Crippen molar-refractivity contribution in [2.24, 2.45) is 0 Å². The van der Waals surface area contributed by atoms with Gasteiger partial charge in [-0.1, -0.05) is 37.6 Å². The summed E-state index contributed by atoms with van der Waals surface area (Å²) in [6.45, 7) is 6.29. The van der Waals surface area contributed by atoms with Gasteiger partial charge in [0, 0.05) is 20.2 Å². The maximum absolute atomic E-state index is 5.59. The molecule has 0 radical (unpaired) electrons. The van der Waals surface area contributed by atoms with Gasteiger partial charge in [0.2, 0.25) is 0 Å². The van der Waals surface area contributed by atoms with Crippen LogP contribution in [0.15, 0.2) is 24.3 Å². The number of hydrogen-bond donors (Lipinski definition) is 1. The van der Waals surface area contributed by atoms with Crippen LogP contribution in [0.1, 0.15) is 24.5 Å². The third-order valence-corrected chi connectivity index (χ3v) is 3.00. The summed E-state index contributed by atoms with van der Waals surface area (Å²) in [5.41, 5.74) is 2.78. The van der Waals surface area contributed by atoms with E-state index >= 15 is 0 Å². The molecule has 19 heavy (non-hydrogen) atoms. The number of ether oxygens (including phenoxy) is 2. The van der Waals surface area contributed by atoms with Crippen molar-refractivity contribution in [3.05, 3.63) is 35.4 Å². The van der Waals surface area contributed by atoms with Gasteiger partial charge < -0.3 is 14.8 Å². The molecule has 108 valence electrons. The van der Waals surface area contributed by atoms with E-state index in [1.807, 2.05) is 0 Å². The molecule has 0 saturated heterocycles. The Labute approximate surface area is 117 Å². The molecule has 0 aliphatic carbocycles. The van der Waals surface area contributed by atoms with Gasteiger partial charge in [0.1, 0.15) is 0 Å². The average Bonchev–Trinajstić information content (AvgIpc) is 2.44. The molecule has 1 aromatic carbocycles. The topological polar surface area (TPSA) is 30.5 Å². The normalized spacial score (nSPS) is 10.8. The van der Waals surface area contributed by atoms with E-state index in [1.165, 1.54) is 24.0 Å². The molecule has 1 aromatic rings. The molecule has 3 nitrogen and oxygen atoms in total. The number of hydrogen-bond acceptors (Lipinski definition) is 3. The number of rotatable bonds is 11. The second-order valence-electron chi connectivity index (χ2n) is 4.67. The number of aryl methyl sites for hydroxylation is 1. The highest BCUT2D eigenvalue weighted by atomic mass is 16.5. The second-order valence-corrected chi connectivity index (χ2v) is 4.67. The zero-order chi connectivity index (χ0) is 13.8. The Morgan fingerprint density at radius 2 is 1.53 bits per heavy atom. The Bertz CT molecular complexity index is 311. The minimum absolute atomic E-state index is 0.754. The quantitative estimate of drug-likeness (QED) is 0.623. The highest BCUT2D eigenvalue weighted by Crippen LogP contribution is 2.07. The van der Waals surface area contributed by atoms with Gasteiger partial charge in [-0.25, -0.2) is 0 Å². The van der Waals surface area contributed by atoms with E-state index in [-0.39, 0.29) is 0 Å². The first kappa shape index (κ1) is 16.2. The predicted molar refractivity (Wildman–Crippen MR) is 79.7 cm³/mol. The first-order valence-corrected chi connectivity index (χ1v) is 7.22. The van der Waals surface area contributed by atoms with Crippen LogP contribution in [0.4, 0.5) is 0 Å². The lowest BCUT2D eigenvalue weighted by molar-refractivity contribution is 0.135. The summed E-state index contributed by atoms with van der Waals surface area (Å²) < 4.78 is 10.5.